The van der Waals surface area contributed by atoms with E-state index in [9.17, 15) is 0 Å². The lowest BCUT2D eigenvalue weighted by Gasteiger charge is -2.44. The molecule has 0 aromatic heterocycles. The Morgan fingerprint density at radius 1 is 1.00 bits per heavy atom. The normalized spacial score (nSPS) is 30.9. The van der Waals surface area contributed by atoms with Crippen molar-refractivity contribution in [3.8, 4) is 0 Å². The maximum atomic E-state index is 3.69. The number of nitrogens with one attached hydrogen (secondary N) is 1. The average Bonchev–Trinajstić information content (AvgIpc) is 3.09. The molecular weight excluding hydrogens is 244 g/mol. The van der Waals surface area contributed by atoms with Crippen LogP contribution in [-0.4, -0.2) is 36.1 Å². The number of rotatable bonds is 4. The lowest BCUT2D eigenvalue weighted by molar-refractivity contribution is 0.0645. The van der Waals surface area contributed by atoms with Crippen LogP contribution in [0.2, 0.25) is 0 Å². The van der Waals surface area contributed by atoms with Gasteiger partial charge in [-0.1, -0.05) is 12.8 Å². The minimum Gasteiger partial charge on any atom is -0.313 e. The average molecular weight is 278 g/mol. The monoisotopic (exact) mass is 278 g/mol. The predicted octanol–water partition coefficient (Wildman–Crippen LogP) is 3.95. The van der Waals surface area contributed by atoms with E-state index >= 15 is 0 Å². The zero-order valence-electron chi connectivity index (χ0n) is 13.7. The summed E-state index contributed by atoms with van der Waals surface area (Å²) in [5.74, 6) is 0. The van der Waals surface area contributed by atoms with Gasteiger partial charge in [0.15, 0.2) is 0 Å². The highest BCUT2D eigenvalue weighted by atomic mass is 15.2. The second-order valence-electron chi connectivity index (χ2n) is 8.02. The molecule has 3 rings (SSSR count). The van der Waals surface area contributed by atoms with Crippen LogP contribution in [0.3, 0.4) is 0 Å². The Bertz CT molecular complexity index is 291. The van der Waals surface area contributed by atoms with Gasteiger partial charge in [-0.15, -0.1) is 0 Å². The van der Waals surface area contributed by atoms with Crippen molar-refractivity contribution in [1.29, 1.82) is 0 Å². The van der Waals surface area contributed by atoms with Gasteiger partial charge >= 0.3 is 0 Å². The van der Waals surface area contributed by atoms with Crippen molar-refractivity contribution >= 4 is 0 Å². The van der Waals surface area contributed by atoms with Gasteiger partial charge in [0.05, 0.1) is 0 Å². The van der Waals surface area contributed by atoms with Crippen LogP contribution in [0.5, 0.6) is 0 Å². The van der Waals surface area contributed by atoms with E-state index in [-0.39, 0.29) is 0 Å². The molecule has 2 heteroatoms. The molecule has 2 saturated carbocycles. The van der Waals surface area contributed by atoms with Gasteiger partial charge in [0.2, 0.25) is 0 Å². The number of hydrogen-bond acceptors (Lipinski definition) is 2. The second-order valence-corrected chi connectivity index (χ2v) is 8.02. The van der Waals surface area contributed by atoms with Gasteiger partial charge in [-0.05, 0) is 77.2 Å². The highest BCUT2D eigenvalue weighted by molar-refractivity contribution is 4.93. The molecule has 0 amide bonds. The highest BCUT2D eigenvalue weighted by Crippen LogP contribution is 2.49. The van der Waals surface area contributed by atoms with E-state index in [1.807, 2.05) is 0 Å². The van der Waals surface area contributed by atoms with Crippen molar-refractivity contribution in [1.82, 2.24) is 10.2 Å². The number of hydrogen-bond donors (Lipinski definition) is 1. The summed E-state index contributed by atoms with van der Waals surface area (Å²) in [5, 5.41) is 3.69. The van der Waals surface area contributed by atoms with Crippen LogP contribution in [0.25, 0.3) is 0 Å². The van der Waals surface area contributed by atoms with E-state index in [1.165, 1.54) is 77.3 Å². The second kappa shape index (κ2) is 6.36. The van der Waals surface area contributed by atoms with Gasteiger partial charge < -0.3 is 5.32 Å². The molecule has 20 heavy (non-hydrogen) atoms. The number of nitrogens with zero attached hydrogens (tertiary/aromatic N) is 1. The molecule has 3 aliphatic rings. The summed E-state index contributed by atoms with van der Waals surface area (Å²) in [5.41, 5.74) is 0.782. The molecule has 1 aliphatic heterocycles. The SMILES string of the molecule is CC(C)N(CC1CCCN1)C1CCC2(CCCC2)CC1. The molecule has 1 unspecified atom stereocenters. The Hall–Kier alpha value is -0.0800. The highest BCUT2D eigenvalue weighted by Gasteiger charge is 2.39. The summed E-state index contributed by atoms with van der Waals surface area (Å²) < 4.78 is 0. The van der Waals surface area contributed by atoms with Gasteiger partial charge in [0, 0.05) is 24.7 Å². The van der Waals surface area contributed by atoms with Crippen molar-refractivity contribution in [2.24, 2.45) is 5.41 Å². The molecule has 1 heterocycles. The molecule has 2 aliphatic carbocycles. The lowest BCUT2D eigenvalue weighted by Crippen LogP contribution is -2.49. The van der Waals surface area contributed by atoms with Crippen molar-refractivity contribution in [2.45, 2.75) is 96.2 Å². The van der Waals surface area contributed by atoms with E-state index in [0.717, 1.165) is 17.5 Å². The van der Waals surface area contributed by atoms with E-state index in [2.05, 4.69) is 24.1 Å². The summed E-state index contributed by atoms with van der Waals surface area (Å²) >= 11 is 0. The van der Waals surface area contributed by atoms with Gasteiger partial charge in [0.25, 0.3) is 0 Å². The van der Waals surface area contributed by atoms with Crippen LogP contribution in [0.4, 0.5) is 0 Å². The largest absolute Gasteiger partial charge is 0.313 e. The van der Waals surface area contributed by atoms with Crippen LogP contribution in [0, 0.1) is 5.41 Å². The Labute approximate surface area is 125 Å². The zero-order chi connectivity index (χ0) is 14.0. The third-order valence-corrected chi connectivity index (χ3v) is 6.41. The topological polar surface area (TPSA) is 15.3 Å². The van der Waals surface area contributed by atoms with Crippen LogP contribution >= 0.6 is 0 Å². The molecule has 0 radical (unpaired) electrons. The Balaban J connectivity index is 1.55. The maximum absolute atomic E-state index is 3.69. The molecule has 0 bridgehead atoms. The molecule has 0 aromatic carbocycles. The van der Waals surface area contributed by atoms with E-state index in [4.69, 9.17) is 0 Å². The summed E-state index contributed by atoms with van der Waals surface area (Å²) in [7, 11) is 0. The minimum atomic E-state index is 0.708. The molecule has 0 aromatic rings. The van der Waals surface area contributed by atoms with Crippen LogP contribution in [-0.2, 0) is 0 Å². The lowest BCUT2D eigenvalue weighted by atomic mass is 9.71. The fourth-order valence-corrected chi connectivity index (χ4v) is 5.12. The van der Waals surface area contributed by atoms with Crippen LogP contribution in [0.15, 0.2) is 0 Å². The van der Waals surface area contributed by atoms with Gasteiger partial charge in [0.1, 0.15) is 0 Å². The van der Waals surface area contributed by atoms with Crippen molar-refractivity contribution in [2.75, 3.05) is 13.1 Å². The standard InChI is InChI=1S/C18H34N2/c1-15(2)20(14-16-6-5-13-19-16)17-7-11-18(12-8-17)9-3-4-10-18/h15-17,19H,3-14H2,1-2H3. The van der Waals surface area contributed by atoms with Crippen molar-refractivity contribution in [3.63, 3.8) is 0 Å². The molecule has 1 N–H and O–H groups in total. The van der Waals surface area contributed by atoms with Crippen LogP contribution < -0.4 is 5.32 Å². The summed E-state index contributed by atoms with van der Waals surface area (Å²) in [6.07, 6.45) is 14.8. The van der Waals surface area contributed by atoms with Gasteiger partial charge in [-0.2, -0.15) is 0 Å². The maximum Gasteiger partial charge on any atom is 0.0195 e. The summed E-state index contributed by atoms with van der Waals surface area (Å²) in [4.78, 5) is 2.82. The summed E-state index contributed by atoms with van der Waals surface area (Å²) in [6.45, 7) is 7.32. The Morgan fingerprint density at radius 3 is 2.25 bits per heavy atom. The predicted molar refractivity (Wildman–Crippen MR) is 86.0 cm³/mol. The van der Waals surface area contributed by atoms with E-state index < -0.39 is 0 Å². The molecular formula is C18H34N2. The first-order valence-electron chi connectivity index (χ1n) is 9.18. The molecule has 1 saturated heterocycles. The Morgan fingerprint density at radius 2 is 1.70 bits per heavy atom. The smallest absolute Gasteiger partial charge is 0.0195 e. The summed E-state index contributed by atoms with van der Waals surface area (Å²) in [6, 6.07) is 2.34. The first-order chi connectivity index (χ1) is 9.69. The molecule has 3 fully saturated rings. The fraction of sp³-hybridized carbons (Fsp3) is 1.00. The third-order valence-electron chi connectivity index (χ3n) is 6.41. The van der Waals surface area contributed by atoms with Gasteiger partial charge in [-0.3, -0.25) is 4.90 Å². The van der Waals surface area contributed by atoms with Crippen LogP contribution in [0.1, 0.15) is 78.1 Å². The molecule has 116 valence electrons. The molecule has 2 nitrogen and oxygen atoms in total. The third kappa shape index (κ3) is 3.22. The first kappa shape index (κ1) is 14.8. The Kier molecular flexibility index (Phi) is 4.72. The van der Waals surface area contributed by atoms with E-state index in [1.54, 1.807) is 0 Å². The fourth-order valence-electron chi connectivity index (χ4n) is 5.12. The van der Waals surface area contributed by atoms with E-state index in [0.29, 0.717) is 6.04 Å². The first-order valence-corrected chi connectivity index (χ1v) is 9.18. The molecule has 1 spiro atoms. The van der Waals surface area contributed by atoms with Gasteiger partial charge in [-0.25, -0.2) is 0 Å². The minimum absolute atomic E-state index is 0.708. The zero-order valence-corrected chi connectivity index (χ0v) is 13.7. The quantitative estimate of drug-likeness (QED) is 0.837. The molecule has 1 atom stereocenters. The van der Waals surface area contributed by atoms with Crippen molar-refractivity contribution < 1.29 is 0 Å². The van der Waals surface area contributed by atoms with Crippen molar-refractivity contribution in [3.05, 3.63) is 0 Å².